The van der Waals surface area contributed by atoms with E-state index in [9.17, 15) is 14.4 Å². The van der Waals surface area contributed by atoms with Crippen LogP contribution in [0.1, 0.15) is 65.7 Å². The van der Waals surface area contributed by atoms with E-state index in [1.807, 2.05) is 0 Å². The molecule has 0 radical (unpaired) electrons. The average molecular weight is 316 g/mol. The molecule has 1 aliphatic heterocycles. The van der Waals surface area contributed by atoms with Gasteiger partial charge in [-0.05, 0) is 31.0 Å². The molecule has 1 heterocycles. The van der Waals surface area contributed by atoms with Gasteiger partial charge < -0.3 is 5.11 Å². The predicted octanol–water partition coefficient (Wildman–Crippen LogP) is 2.35. The van der Waals surface area contributed by atoms with Crippen LogP contribution < -0.4 is 5.43 Å². The molecule has 0 aromatic heterocycles. The highest BCUT2D eigenvalue weighted by Gasteiger charge is 2.47. The predicted molar refractivity (Wildman–Crippen MR) is 82.8 cm³/mol. The first-order valence-corrected chi connectivity index (χ1v) is 7.99. The van der Waals surface area contributed by atoms with Crippen molar-refractivity contribution in [3.8, 4) is 0 Å². The zero-order valence-electron chi connectivity index (χ0n) is 12.9. The van der Waals surface area contributed by atoms with Gasteiger partial charge in [0.25, 0.3) is 5.91 Å². The molecule has 0 unspecified atom stereocenters. The molecule has 3 rings (SSSR count). The van der Waals surface area contributed by atoms with Crippen LogP contribution in [0.15, 0.2) is 24.3 Å². The Hall–Kier alpha value is -2.37. The lowest BCUT2D eigenvalue weighted by molar-refractivity contribution is -0.120. The van der Waals surface area contributed by atoms with Crippen LogP contribution in [0, 0.1) is 0 Å². The summed E-state index contributed by atoms with van der Waals surface area (Å²) in [6.45, 7) is 0. The fourth-order valence-corrected chi connectivity index (χ4v) is 3.63. The number of carboxylic acids is 1. The van der Waals surface area contributed by atoms with Gasteiger partial charge in [-0.15, -0.1) is 0 Å². The average Bonchev–Trinajstić information content (AvgIpc) is 2.71. The molecule has 23 heavy (non-hydrogen) atoms. The highest BCUT2D eigenvalue weighted by molar-refractivity contribution is 6.00. The molecule has 2 N–H and O–H groups in total. The van der Waals surface area contributed by atoms with Crippen LogP contribution in [0.4, 0.5) is 0 Å². The monoisotopic (exact) mass is 316 g/mol. The smallest absolute Gasteiger partial charge is 0.335 e. The van der Waals surface area contributed by atoms with Gasteiger partial charge >= 0.3 is 5.97 Å². The van der Waals surface area contributed by atoms with Crippen molar-refractivity contribution in [3.05, 3.63) is 35.4 Å². The number of carboxylic acid groups (broad SMARTS) is 1. The van der Waals surface area contributed by atoms with E-state index in [1.165, 1.54) is 17.1 Å². The van der Waals surface area contributed by atoms with Crippen molar-refractivity contribution < 1.29 is 19.5 Å². The van der Waals surface area contributed by atoms with Crippen LogP contribution in [0.2, 0.25) is 0 Å². The molecule has 1 saturated carbocycles. The van der Waals surface area contributed by atoms with Crippen molar-refractivity contribution in [1.29, 1.82) is 0 Å². The molecule has 2 amide bonds. The van der Waals surface area contributed by atoms with E-state index in [-0.39, 0.29) is 22.9 Å². The second-order valence-electron chi connectivity index (χ2n) is 6.38. The van der Waals surface area contributed by atoms with Gasteiger partial charge in [-0.25, -0.2) is 9.80 Å². The molecule has 2 aliphatic rings. The lowest BCUT2D eigenvalue weighted by atomic mass is 9.87. The van der Waals surface area contributed by atoms with Crippen molar-refractivity contribution in [2.45, 2.75) is 50.5 Å². The van der Waals surface area contributed by atoms with Crippen LogP contribution in [0.5, 0.6) is 0 Å². The van der Waals surface area contributed by atoms with E-state index in [4.69, 9.17) is 5.11 Å². The molecule has 6 nitrogen and oxygen atoms in total. The summed E-state index contributed by atoms with van der Waals surface area (Å²) < 4.78 is 0. The third-order valence-electron chi connectivity index (χ3n) is 4.79. The second kappa shape index (κ2) is 6.02. The number of hydrazine groups is 1. The van der Waals surface area contributed by atoms with Gasteiger partial charge in [-0.3, -0.25) is 15.0 Å². The van der Waals surface area contributed by atoms with Crippen molar-refractivity contribution in [1.82, 2.24) is 10.4 Å². The number of aromatic carboxylic acids is 1. The molecule has 122 valence electrons. The van der Waals surface area contributed by atoms with Gasteiger partial charge in [0, 0.05) is 5.56 Å². The summed E-state index contributed by atoms with van der Waals surface area (Å²) in [5.74, 6) is -1.55. The van der Waals surface area contributed by atoms with E-state index in [0.717, 1.165) is 38.5 Å². The first-order valence-electron chi connectivity index (χ1n) is 7.99. The van der Waals surface area contributed by atoms with Gasteiger partial charge in [0.2, 0.25) is 5.91 Å². The topological polar surface area (TPSA) is 86.7 Å². The molecule has 1 spiro atoms. The summed E-state index contributed by atoms with van der Waals surface area (Å²) in [6, 6.07) is 5.95. The fraction of sp³-hybridized carbons (Fsp3) is 0.471. The molecular weight excluding hydrogens is 296 g/mol. The number of carbonyl (C=O) groups is 3. The number of nitrogens with zero attached hydrogens (tertiary/aromatic N) is 1. The van der Waals surface area contributed by atoms with Crippen molar-refractivity contribution in [2.24, 2.45) is 0 Å². The number of carbonyl (C=O) groups excluding carboxylic acids is 2. The van der Waals surface area contributed by atoms with Gasteiger partial charge in [0.05, 0.1) is 17.5 Å². The molecule has 0 atom stereocenters. The summed E-state index contributed by atoms with van der Waals surface area (Å²) in [5.41, 5.74) is 2.57. The van der Waals surface area contributed by atoms with Crippen LogP contribution in [0.3, 0.4) is 0 Å². The van der Waals surface area contributed by atoms with E-state index in [2.05, 4.69) is 5.43 Å². The van der Waals surface area contributed by atoms with Crippen LogP contribution in [-0.2, 0) is 4.79 Å². The first kappa shape index (κ1) is 15.5. The van der Waals surface area contributed by atoms with Crippen LogP contribution in [-0.4, -0.2) is 33.4 Å². The largest absolute Gasteiger partial charge is 0.478 e. The summed E-state index contributed by atoms with van der Waals surface area (Å²) >= 11 is 0. The van der Waals surface area contributed by atoms with Gasteiger partial charge in [-0.1, -0.05) is 31.7 Å². The van der Waals surface area contributed by atoms with Crippen molar-refractivity contribution >= 4 is 17.8 Å². The molecule has 1 saturated heterocycles. The molecule has 6 heteroatoms. The highest BCUT2D eigenvalue weighted by Crippen LogP contribution is 2.38. The van der Waals surface area contributed by atoms with E-state index < -0.39 is 11.5 Å². The first-order chi connectivity index (χ1) is 11.0. The third-order valence-corrected chi connectivity index (χ3v) is 4.79. The number of hydrogen-bond donors (Lipinski definition) is 2. The van der Waals surface area contributed by atoms with Gasteiger partial charge in [0.15, 0.2) is 0 Å². The highest BCUT2D eigenvalue weighted by atomic mass is 16.4. The van der Waals surface area contributed by atoms with Crippen LogP contribution in [0.25, 0.3) is 0 Å². The van der Waals surface area contributed by atoms with E-state index in [1.54, 1.807) is 12.1 Å². The summed E-state index contributed by atoms with van der Waals surface area (Å²) in [5, 5.41) is 10.5. The Bertz CT molecular complexity index is 648. The van der Waals surface area contributed by atoms with Crippen molar-refractivity contribution in [3.63, 3.8) is 0 Å². The maximum absolute atomic E-state index is 12.9. The minimum absolute atomic E-state index is 0.0660. The minimum atomic E-state index is -1.07. The summed E-state index contributed by atoms with van der Waals surface area (Å²) in [6.07, 6.45) is 6.16. The molecular formula is C17H20N2O4. The summed E-state index contributed by atoms with van der Waals surface area (Å²) in [4.78, 5) is 35.9. The summed E-state index contributed by atoms with van der Waals surface area (Å²) in [7, 11) is 0. The zero-order valence-corrected chi connectivity index (χ0v) is 12.9. The Labute approximate surface area is 134 Å². The maximum Gasteiger partial charge on any atom is 0.335 e. The minimum Gasteiger partial charge on any atom is -0.478 e. The molecule has 0 bridgehead atoms. The maximum atomic E-state index is 12.9. The Morgan fingerprint density at radius 1 is 1.09 bits per heavy atom. The second-order valence-corrected chi connectivity index (χ2v) is 6.38. The van der Waals surface area contributed by atoms with Crippen LogP contribution >= 0.6 is 0 Å². The number of amides is 2. The SMILES string of the molecule is O=C1CC2(CCCCCC2)N(C(=O)c2cccc(C(=O)O)c2)N1. The Morgan fingerprint density at radius 3 is 2.39 bits per heavy atom. The molecule has 1 aromatic rings. The fourth-order valence-electron chi connectivity index (χ4n) is 3.63. The molecule has 1 aromatic carbocycles. The van der Waals surface area contributed by atoms with Crippen molar-refractivity contribution in [2.75, 3.05) is 0 Å². The standard InChI is InChI=1S/C17H20N2O4/c20-14-11-17(8-3-1-2-4-9-17)19(18-14)15(21)12-6-5-7-13(10-12)16(22)23/h5-7,10H,1-4,8-9,11H2,(H,18,20)(H,22,23). The Kier molecular flexibility index (Phi) is 4.07. The number of nitrogens with one attached hydrogen (secondary N) is 1. The lowest BCUT2D eigenvalue weighted by Gasteiger charge is -2.36. The lowest BCUT2D eigenvalue weighted by Crippen LogP contribution is -2.51. The molecule has 2 fully saturated rings. The Morgan fingerprint density at radius 2 is 1.74 bits per heavy atom. The normalized spacial score (nSPS) is 20.2. The van der Waals surface area contributed by atoms with E-state index >= 15 is 0 Å². The number of benzene rings is 1. The number of rotatable bonds is 2. The van der Waals surface area contributed by atoms with Gasteiger partial charge in [-0.2, -0.15) is 0 Å². The third kappa shape index (κ3) is 2.93. The zero-order chi connectivity index (χ0) is 16.4. The van der Waals surface area contributed by atoms with Gasteiger partial charge in [0.1, 0.15) is 0 Å². The quantitative estimate of drug-likeness (QED) is 0.877. The number of hydrogen-bond acceptors (Lipinski definition) is 3. The van der Waals surface area contributed by atoms with E-state index in [0.29, 0.717) is 6.42 Å². The Balaban J connectivity index is 1.92. The molecule has 1 aliphatic carbocycles.